The van der Waals surface area contributed by atoms with Gasteiger partial charge in [0.2, 0.25) is 0 Å². The van der Waals surface area contributed by atoms with Crippen LogP contribution in [0.3, 0.4) is 0 Å². The first-order valence-electron chi connectivity index (χ1n) is 1.20. The molecule has 0 rings (SSSR count). The molecule has 34 valence electrons. The Labute approximate surface area is 34.1 Å². The molecule has 0 heterocycles. The summed E-state index contributed by atoms with van der Waals surface area (Å²) in [7, 11) is 0. The van der Waals surface area contributed by atoms with E-state index < -0.39 is 11.8 Å². The second kappa shape index (κ2) is 1.40. The zero-order chi connectivity index (χ0) is 5.15. The van der Waals surface area contributed by atoms with Crippen molar-refractivity contribution in [1.29, 1.82) is 10.8 Å². The fourth-order valence-corrected chi connectivity index (χ4v) is 0. The second-order valence-corrected chi connectivity index (χ2v) is 0.697. The summed E-state index contributed by atoms with van der Waals surface area (Å²) in [4.78, 5) is 0. The maximum atomic E-state index is 7.74. The number of aliphatic hydroxyl groups is 2. The molecule has 0 amide bonds. The minimum atomic E-state index is -1.10. The largest absolute Gasteiger partial charge is 0.490 e. The predicted octanol–water partition coefficient (Wildman–Crippen LogP) is 0.0569. The van der Waals surface area contributed by atoms with Gasteiger partial charge in [-0.05, 0) is 0 Å². The van der Waals surface area contributed by atoms with Crippen LogP contribution >= 0.6 is 0 Å². The van der Waals surface area contributed by atoms with Gasteiger partial charge in [-0.15, -0.1) is 0 Å². The first kappa shape index (κ1) is 4.94. The van der Waals surface area contributed by atoms with Gasteiger partial charge in [-0.2, -0.15) is 0 Å². The molecule has 0 unspecified atom stereocenters. The predicted molar refractivity (Wildman–Crippen MR) is 20.7 cm³/mol. The van der Waals surface area contributed by atoms with Crippen LogP contribution in [-0.2, 0) is 0 Å². The lowest BCUT2D eigenvalue weighted by atomic mass is 10.7. The van der Waals surface area contributed by atoms with Gasteiger partial charge in [-0.25, -0.2) is 0 Å². The lowest BCUT2D eigenvalue weighted by Crippen LogP contribution is -2.07. The lowest BCUT2D eigenvalue weighted by molar-refractivity contribution is 0.502. The molecule has 0 fully saturated rings. The van der Waals surface area contributed by atoms with E-state index in [9.17, 15) is 0 Å². The van der Waals surface area contributed by atoms with E-state index in [1.165, 1.54) is 0 Å². The Morgan fingerprint density at radius 3 is 1.17 bits per heavy atom. The van der Waals surface area contributed by atoms with Gasteiger partial charge in [0.25, 0.3) is 11.8 Å². The Balaban J connectivity index is 3.57. The van der Waals surface area contributed by atoms with Gasteiger partial charge in [-0.1, -0.05) is 0 Å². The molecule has 4 nitrogen and oxygen atoms in total. The van der Waals surface area contributed by atoms with E-state index in [0.29, 0.717) is 0 Å². The van der Waals surface area contributed by atoms with E-state index in [1.807, 2.05) is 0 Å². The van der Waals surface area contributed by atoms with Crippen molar-refractivity contribution in [3.63, 3.8) is 0 Å². The van der Waals surface area contributed by atoms with Crippen LogP contribution in [-0.4, -0.2) is 22.0 Å². The van der Waals surface area contributed by atoms with Crippen LogP contribution in [0.25, 0.3) is 0 Å². The fourth-order valence-electron chi connectivity index (χ4n) is 0. The van der Waals surface area contributed by atoms with Crippen molar-refractivity contribution in [3.05, 3.63) is 0 Å². The van der Waals surface area contributed by atoms with Crippen molar-refractivity contribution in [2.45, 2.75) is 0 Å². The molecular formula is C2H4N2O2. The van der Waals surface area contributed by atoms with E-state index in [-0.39, 0.29) is 0 Å². The Hall–Kier alpha value is -1.06. The molecule has 0 aliphatic heterocycles. The topological polar surface area (TPSA) is 88.2 Å². The summed E-state index contributed by atoms with van der Waals surface area (Å²) in [5, 5.41) is 27.5. The quantitative estimate of drug-likeness (QED) is 0.249. The smallest absolute Gasteiger partial charge is 0.267 e. The van der Waals surface area contributed by atoms with Gasteiger partial charge in [0, 0.05) is 0 Å². The highest BCUT2D eigenvalue weighted by Crippen LogP contribution is 1.59. The van der Waals surface area contributed by atoms with Crippen LogP contribution in [0.2, 0.25) is 0 Å². The molecule has 0 bridgehead atoms. The maximum absolute atomic E-state index is 7.74. The zero-order valence-corrected chi connectivity index (χ0v) is 2.89. The second-order valence-electron chi connectivity index (χ2n) is 0.697. The molecule has 0 saturated carbocycles. The summed E-state index contributed by atoms with van der Waals surface area (Å²) in [6, 6.07) is 0. The number of nitrogens with one attached hydrogen (secondary N) is 2. The summed E-state index contributed by atoms with van der Waals surface area (Å²) in [6.07, 6.45) is 0. The molecule has 0 spiro atoms. The number of rotatable bonds is 0. The van der Waals surface area contributed by atoms with Crippen LogP contribution in [0.1, 0.15) is 0 Å². The summed E-state index contributed by atoms with van der Waals surface area (Å²) in [6.45, 7) is 0. The third-order valence-corrected chi connectivity index (χ3v) is 0.224. The van der Waals surface area contributed by atoms with E-state index in [0.717, 1.165) is 0 Å². The first-order chi connectivity index (χ1) is 2.64. The molecule has 4 heteroatoms. The highest BCUT2D eigenvalue weighted by atomic mass is 16.3. The van der Waals surface area contributed by atoms with Gasteiger partial charge < -0.3 is 10.2 Å². The van der Waals surface area contributed by atoms with Crippen molar-refractivity contribution in [2.75, 3.05) is 0 Å². The van der Waals surface area contributed by atoms with Crippen LogP contribution in [0.5, 0.6) is 0 Å². The zero-order valence-electron chi connectivity index (χ0n) is 2.89. The van der Waals surface area contributed by atoms with Crippen LogP contribution in [0.4, 0.5) is 0 Å². The Morgan fingerprint density at radius 2 is 1.17 bits per heavy atom. The van der Waals surface area contributed by atoms with Crippen molar-refractivity contribution in [2.24, 2.45) is 0 Å². The maximum Gasteiger partial charge on any atom is 0.267 e. The molecule has 0 aliphatic rings. The molecule has 0 aromatic carbocycles. The Morgan fingerprint density at radius 1 is 1.00 bits per heavy atom. The SMILES string of the molecule is N=C(O)C(=N)O. The Kier molecular flexibility index (Phi) is 1.15. The molecular weight excluding hydrogens is 84.0 g/mol. The van der Waals surface area contributed by atoms with E-state index in [1.54, 1.807) is 0 Å². The van der Waals surface area contributed by atoms with Crippen molar-refractivity contribution < 1.29 is 10.2 Å². The van der Waals surface area contributed by atoms with E-state index in [4.69, 9.17) is 21.0 Å². The fraction of sp³-hybridized carbons (Fsp3) is 0. The Bertz CT molecular complexity index is 75.5. The summed E-state index contributed by atoms with van der Waals surface area (Å²) >= 11 is 0. The number of aliphatic hydroxyl groups excluding tert-OH is 2. The molecule has 0 atom stereocenters. The summed E-state index contributed by atoms with van der Waals surface area (Å²) in [5.41, 5.74) is 0. The van der Waals surface area contributed by atoms with Gasteiger partial charge in [-0.3, -0.25) is 10.8 Å². The van der Waals surface area contributed by atoms with Crippen LogP contribution < -0.4 is 0 Å². The number of hydrogen-bond acceptors (Lipinski definition) is 2. The van der Waals surface area contributed by atoms with Gasteiger partial charge in [0.1, 0.15) is 0 Å². The minimum Gasteiger partial charge on any atom is -0.490 e. The standard InChI is InChI=1S/C2H4N2O2/c3-1(5)2(4)6/h(H2,3,5)(H2,4,6). The number of hydrogen-bond donors (Lipinski definition) is 4. The molecule has 0 aliphatic carbocycles. The molecule has 0 radical (unpaired) electrons. The van der Waals surface area contributed by atoms with Crippen LogP contribution in [0.15, 0.2) is 0 Å². The highest BCUT2D eigenvalue weighted by Gasteiger charge is 1.91. The summed E-state index contributed by atoms with van der Waals surface area (Å²) < 4.78 is 0. The highest BCUT2D eigenvalue weighted by molar-refractivity contribution is 6.30. The van der Waals surface area contributed by atoms with Crippen molar-refractivity contribution >= 4 is 11.8 Å². The molecule has 6 heavy (non-hydrogen) atoms. The average Bonchev–Trinajstić information content (AvgIpc) is 1.36. The first-order valence-corrected chi connectivity index (χ1v) is 1.20. The van der Waals surface area contributed by atoms with E-state index in [2.05, 4.69) is 0 Å². The van der Waals surface area contributed by atoms with Gasteiger partial charge in [0.05, 0.1) is 0 Å². The third-order valence-electron chi connectivity index (χ3n) is 0.224. The molecule has 0 aromatic rings. The van der Waals surface area contributed by atoms with Gasteiger partial charge in [0.15, 0.2) is 0 Å². The van der Waals surface area contributed by atoms with E-state index >= 15 is 0 Å². The monoisotopic (exact) mass is 88.0 g/mol. The molecule has 0 saturated heterocycles. The third kappa shape index (κ3) is 1.28. The average molecular weight is 88.1 g/mol. The molecule has 0 aromatic heterocycles. The minimum absolute atomic E-state index is 1.10. The van der Waals surface area contributed by atoms with Crippen molar-refractivity contribution in [1.82, 2.24) is 0 Å². The van der Waals surface area contributed by atoms with Gasteiger partial charge >= 0.3 is 0 Å². The normalized spacial score (nSPS) is 7.33. The molecule has 4 N–H and O–H groups in total. The lowest BCUT2D eigenvalue weighted by Gasteiger charge is -1.81. The van der Waals surface area contributed by atoms with Crippen molar-refractivity contribution in [3.8, 4) is 0 Å². The van der Waals surface area contributed by atoms with Crippen LogP contribution in [0, 0.1) is 10.8 Å². The summed E-state index contributed by atoms with van der Waals surface area (Å²) in [5.74, 6) is -2.20.